The van der Waals surface area contributed by atoms with E-state index in [4.69, 9.17) is 16.3 Å². The molecule has 20 heavy (non-hydrogen) atoms. The van der Waals surface area contributed by atoms with Crippen LogP contribution in [0.1, 0.15) is 24.8 Å². The van der Waals surface area contributed by atoms with Gasteiger partial charge in [-0.15, -0.1) is 0 Å². The van der Waals surface area contributed by atoms with Crippen LogP contribution >= 0.6 is 11.6 Å². The second-order valence-electron chi connectivity index (χ2n) is 5.22. The number of aliphatic carboxylic acids is 1. The van der Waals surface area contributed by atoms with Gasteiger partial charge in [0, 0.05) is 11.5 Å². The maximum Gasteiger partial charge on any atom is 0.348 e. The first-order valence-electron chi connectivity index (χ1n) is 6.49. The third-order valence-corrected chi connectivity index (χ3v) is 3.94. The number of hydrogen-bond donors (Lipinski definition) is 1. The Bertz CT molecular complexity index is 695. The maximum atomic E-state index is 11.4. The molecule has 5 heteroatoms. The van der Waals surface area contributed by atoms with Crippen LogP contribution < -0.4 is 4.74 Å². The van der Waals surface area contributed by atoms with Gasteiger partial charge in [0.1, 0.15) is 10.9 Å². The predicted molar refractivity (Wildman–Crippen MR) is 76.3 cm³/mol. The summed E-state index contributed by atoms with van der Waals surface area (Å²) in [6.45, 7) is 1.97. The van der Waals surface area contributed by atoms with Crippen LogP contribution in [0.15, 0.2) is 24.3 Å². The highest BCUT2D eigenvalue weighted by molar-refractivity contribution is 6.30. The molecule has 3 rings (SSSR count). The molecule has 0 aliphatic heterocycles. The van der Waals surface area contributed by atoms with Gasteiger partial charge < -0.3 is 9.84 Å². The summed E-state index contributed by atoms with van der Waals surface area (Å²) in [5, 5.41) is 10.5. The van der Waals surface area contributed by atoms with Crippen molar-refractivity contribution in [2.45, 2.75) is 31.8 Å². The fraction of sp³-hybridized carbons (Fsp3) is 0.333. The van der Waals surface area contributed by atoms with Crippen LogP contribution in [0.3, 0.4) is 0 Å². The average molecular weight is 292 g/mol. The van der Waals surface area contributed by atoms with E-state index in [1.807, 2.05) is 25.1 Å². The minimum Gasteiger partial charge on any atom is -0.478 e. The van der Waals surface area contributed by atoms with Crippen LogP contribution in [0.25, 0.3) is 10.9 Å². The van der Waals surface area contributed by atoms with Gasteiger partial charge in [-0.3, -0.25) is 0 Å². The van der Waals surface area contributed by atoms with Crippen LogP contribution in [0.2, 0.25) is 5.15 Å². The van der Waals surface area contributed by atoms with E-state index in [1.165, 1.54) is 0 Å². The number of hydrogen-bond acceptors (Lipinski definition) is 3. The van der Waals surface area contributed by atoms with E-state index in [0.29, 0.717) is 29.3 Å². The van der Waals surface area contributed by atoms with Crippen molar-refractivity contribution >= 4 is 28.5 Å². The lowest BCUT2D eigenvalue weighted by Crippen LogP contribution is -2.50. The Balaban J connectivity index is 2.10. The van der Waals surface area contributed by atoms with Crippen LogP contribution in [-0.4, -0.2) is 21.7 Å². The molecule has 1 aromatic heterocycles. The zero-order valence-corrected chi connectivity index (χ0v) is 11.8. The van der Waals surface area contributed by atoms with E-state index in [2.05, 4.69) is 4.98 Å². The quantitative estimate of drug-likeness (QED) is 0.878. The summed E-state index contributed by atoms with van der Waals surface area (Å²) >= 11 is 5.99. The van der Waals surface area contributed by atoms with Gasteiger partial charge in [0.05, 0.1) is 5.52 Å². The second kappa shape index (κ2) is 4.63. The number of benzene rings is 1. The van der Waals surface area contributed by atoms with Crippen molar-refractivity contribution in [1.82, 2.24) is 4.98 Å². The zero-order chi connectivity index (χ0) is 14.3. The summed E-state index contributed by atoms with van der Waals surface area (Å²) in [5.41, 5.74) is 0.656. The Morgan fingerprint density at radius 3 is 2.75 bits per heavy atom. The molecule has 0 atom stereocenters. The number of carboxylic acid groups (broad SMARTS) is 1. The molecule has 1 aliphatic carbocycles. The number of carbonyl (C=O) groups is 1. The molecule has 1 aliphatic rings. The maximum absolute atomic E-state index is 11.4. The number of aryl methyl sites for hydroxylation is 1. The fourth-order valence-corrected chi connectivity index (χ4v) is 2.62. The first-order valence-corrected chi connectivity index (χ1v) is 6.87. The highest BCUT2D eigenvalue weighted by atomic mass is 35.5. The van der Waals surface area contributed by atoms with E-state index in [0.717, 1.165) is 17.4 Å². The number of rotatable bonds is 3. The molecule has 1 aromatic carbocycles. The number of carboxylic acids is 1. The summed E-state index contributed by atoms with van der Waals surface area (Å²) in [6, 6.07) is 7.32. The van der Waals surface area contributed by atoms with Crippen molar-refractivity contribution in [3.63, 3.8) is 0 Å². The Morgan fingerprint density at radius 1 is 1.40 bits per heavy atom. The molecule has 1 N–H and O–H groups in total. The van der Waals surface area contributed by atoms with E-state index < -0.39 is 11.6 Å². The number of nitrogens with zero attached hydrogens (tertiary/aromatic N) is 1. The van der Waals surface area contributed by atoms with Gasteiger partial charge in [0.25, 0.3) is 0 Å². The van der Waals surface area contributed by atoms with Gasteiger partial charge in [-0.05, 0) is 38.3 Å². The van der Waals surface area contributed by atoms with Gasteiger partial charge >= 0.3 is 5.97 Å². The molecule has 1 saturated carbocycles. The van der Waals surface area contributed by atoms with Crippen LogP contribution in [0.4, 0.5) is 0 Å². The molecule has 104 valence electrons. The number of halogens is 1. The highest BCUT2D eigenvalue weighted by Gasteiger charge is 2.47. The monoisotopic (exact) mass is 291 g/mol. The summed E-state index contributed by atoms with van der Waals surface area (Å²) in [4.78, 5) is 15.7. The van der Waals surface area contributed by atoms with E-state index in [1.54, 1.807) is 6.07 Å². The molecule has 1 fully saturated rings. The van der Waals surface area contributed by atoms with Crippen LogP contribution in [0, 0.1) is 6.92 Å². The Morgan fingerprint density at radius 2 is 2.15 bits per heavy atom. The Labute approximate surface area is 121 Å². The molecule has 4 nitrogen and oxygen atoms in total. The predicted octanol–water partition coefficient (Wildman–Crippen LogP) is 3.58. The normalized spacial score (nSPS) is 16.7. The van der Waals surface area contributed by atoms with Crippen molar-refractivity contribution in [3.05, 3.63) is 35.0 Å². The molecular weight excluding hydrogens is 278 g/mol. The molecule has 0 spiro atoms. The van der Waals surface area contributed by atoms with Crippen LogP contribution in [-0.2, 0) is 4.79 Å². The molecule has 0 radical (unpaired) electrons. The third kappa shape index (κ3) is 2.10. The minimum absolute atomic E-state index is 0.302. The highest BCUT2D eigenvalue weighted by Crippen LogP contribution is 2.39. The van der Waals surface area contributed by atoms with E-state index >= 15 is 0 Å². The van der Waals surface area contributed by atoms with E-state index in [9.17, 15) is 9.90 Å². The Hall–Kier alpha value is -1.81. The van der Waals surface area contributed by atoms with E-state index in [-0.39, 0.29) is 0 Å². The molecule has 0 amide bonds. The number of fused-ring (bicyclic) bond motifs is 1. The molecule has 2 aromatic rings. The first kappa shape index (κ1) is 13.2. The third-order valence-electron chi connectivity index (χ3n) is 3.75. The zero-order valence-electron chi connectivity index (χ0n) is 11.0. The smallest absolute Gasteiger partial charge is 0.348 e. The standard InChI is InChI=1S/C15H14ClNO3/c1-9-3-4-11-10(7-9)12(8-13(16)17-11)20-15(14(18)19)5-2-6-15/h3-4,7-8H,2,5-6H2,1H3,(H,18,19). The van der Waals surface area contributed by atoms with Crippen molar-refractivity contribution in [3.8, 4) is 5.75 Å². The lowest BCUT2D eigenvalue weighted by atomic mass is 9.80. The lowest BCUT2D eigenvalue weighted by molar-refractivity contribution is -0.163. The van der Waals surface area contributed by atoms with Gasteiger partial charge in [-0.1, -0.05) is 23.2 Å². The van der Waals surface area contributed by atoms with Gasteiger partial charge in [-0.2, -0.15) is 0 Å². The molecule has 1 heterocycles. The van der Waals surface area contributed by atoms with Gasteiger partial charge in [0.15, 0.2) is 0 Å². The topological polar surface area (TPSA) is 59.4 Å². The molecular formula is C15H14ClNO3. The molecule has 0 bridgehead atoms. The Kier molecular flexibility index (Phi) is 3.05. The van der Waals surface area contributed by atoms with Gasteiger partial charge in [-0.25, -0.2) is 9.78 Å². The second-order valence-corrected chi connectivity index (χ2v) is 5.61. The van der Waals surface area contributed by atoms with Crippen molar-refractivity contribution in [2.75, 3.05) is 0 Å². The van der Waals surface area contributed by atoms with Crippen molar-refractivity contribution in [1.29, 1.82) is 0 Å². The number of aromatic nitrogens is 1. The van der Waals surface area contributed by atoms with Gasteiger partial charge in [0.2, 0.25) is 5.60 Å². The molecule has 0 saturated heterocycles. The summed E-state index contributed by atoms with van der Waals surface area (Å²) in [5.74, 6) is -0.428. The summed E-state index contributed by atoms with van der Waals surface area (Å²) in [6.07, 6.45) is 1.91. The largest absolute Gasteiger partial charge is 0.478 e. The number of pyridine rings is 1. The SMILES string of the molecule is Cc1ccc2nc(Cl)cc(OC3(C(=O)O)CCC3)c2c1. The summed E-state index contributed by atoms with van der Waals surface area (Å²) in [7, 11) is 0. The van der Waals surface area contributed by atoms with Crippen molar-refractivity contribution in [2.24, 2.45) is 0 Å². The lowest BCUT2D eigenvalue weighted by Gasteiger charge is -2.37. The molecule has 0 unspecified atom stereocenters. The fourth-order valence-electron chi connectivity index (χ4n) is 2.43. The average Bonchev–Trinajstić information content (AvgIpc) is 2.33. The van der Waals surface area contributed by atoms with Crippen molar-refractivity contribution < 1.29 is 14.6 Å². The number of ether oxygens (including phenoxy) is 1. The minimum atomic E-state index is -1.11. The summed E-state index contributed by atoms with van der Waals surface area (Å²) < 4.78 is 5.82. The van der Waals surface area contributed by atoms with Crippen LogP contribution in [0.5, 0.6) is 5.75 Å². The first-order chi connectivity index (χ1) is 9.50.